The van der Waals surface area contributed by atoms with Crippen LogP contribution in [-0.4, -0.2) is 10.2 Å². The predicted molar refractivity (Wildman–Crippen MR) is 61.1 cm³/mol. The highest BCUT2D eigenvalue weighted by Crippen LogP contribution is 2.15. The van der Waals surface area contributed by atoms with E-state index in [0.717, 1.165) is 23.1 Å². The molecule has 0 bridgehead atoms. The smallest absolute Gasteiger partial charge is 0.267 e. The van der Waals surface area contributed by atoms with Crippen molar-refractivity contribution in [1.82, 2.24) is 10.2 Å². The van der Waals surface area contributed by atoms with Crippen molar-refractivity contribution in [3.63, 3.8) is 0 Å². The summed E-state index contributed by atoms with van der Waals surface area (Å²) in [5.41, 5.74) is 1.53. The van der Waals surface area contributed by atoms with Gasteiger partial charge in [-0.2, -0.15) is 10.4 Å². The normalized spacial score (nSPS) is 10.2. The quantitative estimate of drug-likeness (QED) is 0.822. The van der Waals surface area contributed by atoms with E-state index in [2.05, 4.69) is 16.3 Å². The highest BCUT2D eigenvalue weighted by Gasteiger charge is 2.05. The molecule has 0 aliphatic rings. The second-order valence-corrected chi connectivity index (χ2v) is 3.57. The van der Waals surface area contributed by atoms with Crippen LogP contribution in [0.25, 0.3) is 10.8 Å². The van der Waals surface area contributed by atoms with Crippen LogP contribution in [-0.2, 0) is 12.8 Å². The summed E-state index contributed by atoms with van der Waals surface area (Å²) in [6.07, 6.45) is 1.09. The summed E-state index contributed by atoms with van der Waals surface area (Å²) in [7, 11) is 0. The van der Waals surface area contributed by atoms with E-state index >= 15 is 0 Å². The van der Waals surface area contributed by atoms with Crippen LogP contribution in [0.5, 0.6) is 0 Å². The molecule has 0 amide bonds. The molecule has 2 aromatic rings. The van der Waals surface area contributed by atoms with Crippen molar-refractivity contribution in [3.8, 4) is 6.07 Å². The zero-order valence-electron chi connectivity index (χ0n) is 8.95. The average Bonchev–Trinajstić information content (AvgIpc) is 2.31. The monoisotopic (exact) mass is 213 g/mol. The number of benzene rings is 1. The molecule has 0 unspecified atom stereocenters. The number of fused-ring (bicyclic) bond motifs is 1. The molecule has 0 spiro atoms. The van der Waals surface area contributed by atoms with Gasteiger partial charge in [-0.3, -0.25) is 4.79 Å². The summed E-state index contributed by atoms with van der Waals surface area (Å²) < 4.78 is 0. The Bertz CT molecular complexity index is 622. The first-order valence-corrected chi connectivity index (χ1v) is 5.13. The highest BCUT2D eigenvalue weighted by atomic mass is 16.1. The van der Waals surface area contributed by atoms with Crippen LogP contribution in [0, 0.1) is 11.3 Å². The van der Waals surface area contributed by atoms with Gasteiger partial charge in [-0.15, -0.1) is 0 Å². The van der Waals surface area contributed by atoms with Crippen LogP contribution in [0.1, 0.15) is 18.2 Å². The second kappa shape index (κ2) is 4.15. The van der Waals surface area contributed by atoms with E-state index in [1.807, 2.05) is 19.1 Å². The fraction of sp³-hybridized carbons (Fsp3) is 0.250. The summed E-state index contributed by atoms with van der Waals surface area (Å²) in [5.74, 6) is 0. The summed E-state index contributed by atoms with van der Waals surface area (Å²) in [5, 5.41) is 16.6. The number of nitrogens with zero attached hydrogens (tertiary/aromatic N) is 2. The molecule has 1 aromatic carbocycles. The van der Waals surface area contributed by atoms with Crippen LogP contribution in [0.2, 0.25) is 0 Å². The summed E-state index contributed by atoms with van der Waals surface area (Å²) in [6.45, 7) is 1.99. The van der Waals surface area contributed by atoms with Gasteiger partial charge in [-0.05, 0) is 18.1 Å². The summed E-state index contributed by atoms with van der Waals surface area (Å²) >= 11 is 0. The number of H-pyrrole nitrogens is 1. The first kappa shape index (κ1) is 10.4. The van der Waals surface area contributed by atoms with Crippen LogP contribution in [0.4, 0.5) is 0 Å². The standard InChI is InChI=1S/C12H11N3O/c1-2-11-9-4-3-8(5-6-13)7-10(9)12(16)15-14-11/h3-4,7H,2,5H2,1H3,(H,15,16). The first-order valence-electron chi connectivity index (χ1n) is 5.13. The van der Waals surface area contributed by atoms with Crippen molar-refractivity contribution >= 4 is 10.8 Å². The third kappa shape index (κ3) is 1.68. The van der Waals surface area contributed by atoms with Gasteiger partial charge in [-0.1, -0.05) is 19.1 Å². The Labute approximate surface area is 92.5 Å². The highest BCUT2D eigenvalue weighted by molar-refractivity contribution is 5.84. The maximum Gasteiger partial charge on any atom is 0.272 e. The Morgan fingerprint density at radius 2 is 2.25 bits per heavy atom. The molecule has 16 heavy (non-hydrogen) atoms. The lowest BCUT2D eigenvalue weighted by Crippen LogP contribution is -2.11. The Morgan fingerprint density at radius 1 is 1.44 bits per heavy atom. The number of aryl methyl sites for hydroxylation is 1. The van der Waals surface area contributed by atoms with Crippen LogP contribution in [0.15, 0.2) is 23.0 Å². The lowest BCUT2D eigenvalue weighted by atomic mass is 10.1. The van der Waals surface area contributed by atoms with Gasteiger partial charge < -0.3 is 0 Å². The molecule has 4 heteroatoms. The van der Waals surface area contributed by atoms with Crippen molar-refractivity contribution in [3.05, 3.63) is 39.8 Å². The molecular formula is C12H11N3O. The van der Waals surface area contributed by atoms with Gasteiger partial charge in [0.1, 0.15) is 0 Å². The number of nitrogens with one attached hydrogen (secondary N) is 1. The molecule has 0 fully saturated rings. The topological polar surface area (TPSA) is 69.5 Å². The van der Waals surface area contributed by atoms with E-state index < -0.39 is 0 Å². The second-order valence-electron chi connectivity index (χ2n) is 3.57. The van der Waals surface area contributed by atoms with Crippen LogP contribution >= 0.6 is 0 Å². The molecule has 0 atom stereocenters. The Morgan fingerprint density at radius 3 is 2.94 bits per heavy atom. The van der Waals surface area contributed by atoms with Crippen LogP contribution < -0.4 is 5.56 Å². The maximum absolute atomic E-state index is 11.6. The summed E-state index contributed by atoms with van der Waals surface area (Å²) in [4.78, 5) is 11.6. The fourth-order valence-corrected chi connectivity index (χ4v) is 1.74. The number of hydrogen-bond donors (Lipinski definition) is 1. The maximum atomic E-state index is 11.6. The van der Waals surface area contributed by atoms with Crippen molar-refractivity contribution < 1.29 is 0 Å². The minimum absolute atomic E-state index is 0.202. The average molecular weight is 213 g/mol. The van der Waals surface area contributed by atoms with E-state index in [0.29, 0.717) is 11.8 Å². The zero-order valence-corrected chi connectivity index (χ0v) is 8.95. The molecule has 0 aliphatic carbocycles. The fourth-order valence-electron chi connectivity index (χ4n) is 1.74. The van der Waals surface area contributed by atoms with E-state index in [-0.39, 0.29) is 5.56 Å². The molecule has 2 rings (SSSR count). The largest absolute Gasteiger partial charge is 0.272 e. The number of rotatable bonds is 2. The molecule has 1 aromatic heterocycles. The van der Waals surface area contributed by atoms with Gasteiger partial charge in [0.05, 0.1) is 23.6 Å². The van der Waals surface area contributed by atoms with Gasteiger partial charge in [0.25, 0.3) is 5.56 Å². The molecule has 0 aliphatic heterocycles. The van der Waals surface area contributed by atoms with Gasteiger partial charge >= 0.3 is 0 Å². The third-order valence-electron chi connectivity index (χ3n) is 2.55. The van der Waals surface area contributed by atoms with Crippen molar-refractivity contribution in [2.75, 3.05) is 0 Å². The van der Waals surface area contributed by atoms with Crippen molar-refractivity contribution in [1.29, 1.82) is 5.26 Å². The van der Waals surface area contributed by atoms with E-state index in [4.69, 9.17) is 5.26 Å². The van der Waals surface area contributed by atoms with Gasteiger partial charge in [0.15, 0.2) is 0 Å². The molecule has 1 heterocycles. The molecular weight excluding hydrogens is 202 g/mol. The number of aromatic nitrogens is 2. The van der Waals surface area contributed by atoms with Crippen LogP contribution in [0.3, 0.4) is 0 Å². The number of nitriles is 1. The Kier molecular flexibility index (Phi) is 2.69. The van der Waals surface area contributed by atoms with Crippen molar-refractivity contribution in [2.24, 2.45) is 0 Å². The molecule has 80 valence electrons. The first-order chi connectivity index (χ1) is 7.76. The third-order valence-corrected chi connectivity index (χ3v) is 2.55. The Balaban J connectivity index is 2.74. The van der Waals surface area contributed by atoms with E-state index in [9.17, 15) is 4.79 Å². The summed E-state index contributed by atoms with van der Waals surface area (Å²) in [6, 6.07) is 7.56. The zero-order chi connectivity index (χ0) is 11.5. The SMILES string of the molecule is CCc1n[nH]c(=O)c2cc(CC#N)ccc12. The lowest BCUT2D eigenvalue weighted by molar-refractivity contribution is 0.918. The van der Waals surface area contributed by atoms with Crippen molar-refractivity contribution in [2.45, 2.75) is 19.8 Å². The molecule has 0 saturated carbocycles. The van der Waals surface area contributed by atoms with E-state index in [1.165, 1.54) is 0 Å². The molecule has 0 radical (unpaired) electrons. The molecule has 1 N–H and O–H groups in total. The number of aromatic amines is 1. The Hall–Kier alpha value is -2.15. The minimum atomic E-state index is -0.202. The van der Waals surface area contributed by atoms with E-state index in [1.54, 1.807) is 6.07 Å². The minimum Gasteiger partial charge on any atom is -0.267 e. The van der Waals surface area contributed by atoms with Gasteiger partial charge in [-0.25, -0.2) is 5.10 Å². The molecule has 4 nitrogen and oxygen atoms in total. The van der Waals surface area contributed by atoms with Gasteiger partial charge in [0, 0.05) is 5.39 Å². The van der Waals surface area contributed by atoms with Gasteiger partial charge in [0.2, 0.25) is 0 Å². The predicted octanol–water partition coefficient (Wildman–Crippen LogP) is 1.55. The number of hydrogen-bond acceptors (Lipinski definition) is 3. The molecule has 0 saturated heterocycles. The lowest BCUT2D eigenvalue weighted by Gasteiger charge is -2.03.